The first-order valence-electron chi connectivity index (χ1n) is 10.1. The zero-order valence-corrected chi connectivity index (χ0v) is 20.4. The van der Waals surface area contributed by atoms with E-state index in [0.29, 0.717) is 6.54 Å². The van der Waals surface area contributed by atoms with Crippen molar-refractivity contribution in [1.29, 1.82) is 0 Å². The summed E-state index contributed by atoms with van der Waals surface area (Å²) < 4.78 is 0.902. The molecule has 8 nitrogen and oxygen atoms in total. The molecule has 2 heterocycles. The van der Waals surface area contributed by atoms with Crippen LogP contribution in [-0.4, -0.2) is 46.6 Å². The molecule has 3 N–H and O–H groups in total. The lowest BCUT2D eigenvalue weighted by Crippen LogP contribution is -2.37. The first kappa shape index (κ1) is 24.5. The van der Waals surface area contributed by atoms with E-state index in [1.165, 1.54) is 30.5 Å². The lowest BCUT2D eigenvalue weighted by atomic mass is 10.2. The van der Waals surface area contributed by atoms with Gasteiger partial charge in [-0.05, 0) is 37.2 Å². The summed E-state index contributed by atoms with van der Waals surface area (Å²) in [6.07, 6.45) is 1.95. The summed E-state index contributed by atoms with van der Waals surface area (Å²) in [7, 11) is 0. The van der Waals surface area contributed by atoms with Crippen molar-refractivity contribution >= 4 is 69.8 Å². The highest BCUT2D eigenvalue weighted by Crippen LogP contribution is 2.28. The van der Waals surface area contributed by atoms with Gasteiger partial charge in [-0.1, -0.05) is 58.5 Å². The van der Waals surface area contributed by atoms with E-state index in [1.54, 1.807) is 12.1 Å². The van der Waals surface area contributed by atoms with Crippen LogP contribution >= 0.6 is 46.4 Å². The van der Waals surface area contributed by atoms with E-state index in [4.69, 9.17) is 46.4 Å². The molecule has 1 saturated heterocycles. The van der Waals surface area contributed by atoms with E-state index in [9.17, 15) is 14.4 Å². The Bertz CT molecular complexity index is 1250. The largest absolute Gasteiger partial charge is 0.347 e. The minimum atomic E-state index is -0.677. The Morgan fingerprint density at radius 3 is 2.06 bits per heavy atom. The Balaban J connectivity index is 1.71. The lowest BCUT2D eigenvalue weighted by Gasteiger charge is -2.11. The molecule has 0 bridgehead atoms. The number of hydrogen-bond acceptors (Lipinski definition) is 5. The molecular formula is C22H17Cl4N5O3. The molecule has 0 radical (unpaired) electrons. The van der Waals surface area contributed by atoms with Crippen LogP contribution in [0.1, 0.15) is 37.6 Å². The Hall–Kier alpha value is -2.62. The molecule has 1 aromatic heterocycles. The first-order valence-corrected chi connectivity index (χ1v) is 11.6. The molecule has 1 atom stereocenters. The molecule has 4 rings (SSSR count). The van der Waals surface area contributed by atoms with E-state index in [1.807, 2.05) is 0 Å². The number of rotatable bonds is 5. The van der Waals surface area contributed by atoms with Gasteiger partial charge in [0.25, 0.3) is 17.7 Å². The van der Waals surface area contributed by atoms with E-state index in [0.717, 1.165) is 17.6 Å². The lowest BCUT2D eigenvalue weighted by molar-refractivity contribution is 0.0929. The average Bonchev–Trinajstić information content (AvgIpc) is 3.43. The van der Waals surface area contributed by atoms with Gasteiger partial charge in [-0.25, -0.2) is 4.68 Å². The second-order valence-electron chi connectivity index (χ2n) is 7.45. The number of amides is 2. The molecular weight excluding hydrogens is 524 g/mol. The third-order valence-electron chi connectivity index (χ3n) is 5.15. The Kier molecular flexibility index (Phi) is 7.45. The fraction of sp³-hybridized carbons (Fsp3) is 0.182. The van der Waals surface area contributed by atoms with Crippen molar-refractivity contribution in [2.45, 2.75) is 12.5 Å². The van der Waals surface area contributed by atoms with Crippen LogP contribution < -0.4 is 16.0 Å². The summed E-state index contributed by atoms with van der Waals surface area (Å²) in [5, 5.41) is 13.2. The van der Waals surface area contributed by atoms with Gasteiger partial charge in [-0.3, -0.25) is 14.4 Å². The normalized spacial score (nSPS) is 15.2. The Morgan fingerprint density at radius 1 is 0.912 bits per heavy atom. The van der Waals surface area contributed by atoms with Crippen LogP contribution in [0.25, 0.3) is 0 Å². The molecule has 0 spiro atoms. The third kappa shape index (κ3) is 5.06. The Labute approximate surface area is 214 Å². The molecule has 2 amide bonds. The molecule has 0 aliphatic carbocycles. The SMILES string of the molecule is O=C(N[C@H]1CCNC1)c1nn(C(=O)c2c(Cl)cccc2Cl)cc1NC(=O)c1c(Cl)cccc1Cl. The van der Waals surface area contributed by atoms with Crippen molar-refractivity contribution in [3.8, 4) is 0 Å². The van der Waals surface area contributed by atoms with Crippen molar-refractivity contribution in [3.05, 3.63) is 79.5 Å². The number of benzene rings is 2. The number of hydrogen-bond donors (Lipinski definition) is 3. The number of aromatic nitrogens is 2. The standard InChI is InChI=1S/C22H17Cl4N5O3/c23-12-3-1-4-13(24)17(12)20(32)29-16-10-31(22(34)18-14(25)5-2-6-15(18)26)30-19(16)21(33)28-11-7-8-27-9-11/h1-6,10-11,27H,7-9H2,(H,28,33)(H,29,32)/t11-/m0/s1. The van der Waals surface area contributed by atoms with Crippen molar-refractivity contribution in [1.82, 2.24) is 20.4 Å². The molecule has 1 fully saturated rings. The van der Waals surface area contributed by atoms with Crippen LogP contribution in [0.3, 0.4) is 0 Å². The summed E-state index contributed by atoms with van der Waals surface area (Å²) in [6, 6.07) is 9.11. The molecule has 3 aromatic rings. The van der Waals surface area contributed by atoms with E-state index in [2.05, 4.69) is 21.0 Å². The van der Waals surface area contributed by atoms with Gasteiger partial charge in [-0.15, -0.1) is 0 Å². The smallest absolute Gasteiger partial charge is 0.281 e. The zero-order valence-electron chi connectivity index (χ0n) is 17.4. The van der Waals surface area contributed by atoms with Gasteiger partial charge in [0.15, 0.2) is 5.69 Å². The number of anilines is 1. The monoisotopic (exact) mass is 539 g/mol. The number of nitrogens with one attached hydrogen (secondary N) is 3. The van der Waals surface area contributed by atoms with Crippen LogP contribution in [-0.2, 0) is 0 Å². The molecule has 1 aliphatic rings. The van der Waals surface area contributed by atoms with Crippen molar-refractivity contribution in [2.75, 3.05) is 18.4 Å². The highest BCUT2D eigenvalue weighted by Gasteiger charge is 2.27. The molecule has 34 heavy (non-hydrogen) atoms. The minimum absolute atomic E-state index is 0.00677. The summed E-state index contributed by atoms with van der Waals surface area (Å²) in [6.45, 7) is 1.36. The summed E-state index contributed by atoms with van der Waals surface area (Å²) in [5.41, 5.74) is -0.154. The van der Waals surface area contributed by atoms with Gasteiger partial charge >= 0.3 is 0 Å². The quantitative estimate of drug-likeness (QED) is 0.441. The molecule has 0 unspecified atom stereocenters. The van der Waals surface area contributed by atoms with Crippen LogP contribution in [0.5, 0.6) is 0 Å². The summed E-state index contributed by atoms with van der Waals surface area (Å²) >= 11 is 24.6. The van der Waals surface area contributed by atoms with Gasteiger partial charge < -0.3 is 16.0 Å². The molecule has 12 heteroatoms. The number of carbonyl (C=O) groups excluding carboxylic acids is 3. The molecule has 2 aromatic carbocycles. The van der Waals surface area contributed by atoms with Crippen molar-refractivity contribution in [3.63, 3.8) is 0 Å². The van der Waals surface area contributed by atoms with Gasteiger partial charge in [0.05, 0.1) is 43.1 Å². The van der Waals surface area contributed by atoms with Gasteiger partial charge in [0.1, 0.15) is 0 Å². The van der Waals surface area contributed by atoms with Crippen LogP contribution in [0, 0.1) is 0 Å². The highest BCUT2D eigenvalue weighted by molar-refractivity contribution is 6.41. The van der Waals surface area contributed by atoms with Gasteiger partial charge in [0.2, 0.25) is 0 Å². The molecule has 1 aliphatic heterocycles. The predicted octanol–water partition coefficient (Wildman–Crippen LogP) is 4.53. The summed E-state index contributed by atoms with van der Waals surface area (Å²) in [4.78, 5) is 39.1. The first-order chi connectivity index (χ1) is 16.3. The second-order valence-corrected chi connectivity index (χ2v) is 9.08. The zero-order chi connectivity index (χ0) is 24.4. The van der Waals surface area contributed by atoms with E-state index >= 15 is 0 Å². The maximum atomic E-state index is 13.1. The maximum Gasteiger partial charge on any atom is 0.281 e. The van der Waals surface area contributed by atoms with Gasteiger partial charge in [0, 0.05) is 12.6 Å². The van der Waals surface area contributed by atoms with Crippen LogP contribution in [0.2, 0.25) is 20.1 Å². The van der Waals surface area contributed by atoms with Crippen molar-refractivity contribution < 1.29 is 14.4 Å². The summed E-state index contributed by atoms with van der Waals surface area (Å²) in [5.74, 6) is -1.91. The fourth-order valence-electron chi connectivity index (χ4n) is 3.48. The van der Waals surface area contributed by atoms with Crippen molar-refractivity contribution in [2.24, 2.45) is 0 Å². The molecule has 0 saturated carbocycles. The fourth-order valence-corrected chi connectivity index (χ4v) is 4.61. The Morgan fingerprint density at radius 2 is 1.50 bits per heavy atom. The van der Waals surface area contributed by atoms with Crippen LogP contribution in [0.15, 0.2) is 42.6 Å². The number of nitrogens with zero attached hydrogens (tertiary/aromatic N) is 2. The third-order valence-corrected chi connectivity index (χ3v) is 6.41. The number of carbonyl (C=O) groups is 3. The van der Waals surface area contributed by atoms with Crippen LogP contribution in [0.4, 0.5) is 5.69 Å². The average molecular weight is 541 g/mol. The maximum absolute atomic E-state index is 13.1. The predicted molar refractivity (Wildman–Crippen MR) is 132 cm³/mol. The van der Waals surface area contributed by atoms with Gasteiger partial charge in [-0.2, -0.15) is 5.10 Å². The number of halogens is 4. The minimum Gasteiger partial charge on any atom is -0.347 e. The highest BCUT2D eigenvalue weighted by atomic mass is 35.5. The molecule has 176 valence electrons. The van der Waals surface area contributed by atoms with E-state index in [-0.39, 0.29) is 48.6 Å². The second kappa shape index (κ2) is 10.3. The van der Waals surface area contributed by atoms with E-state index < -0.39 is 17.7 Å². The topological polar surface area (TPSA) is 105 Å².